The van der Waals surface area contributed by atoms with Crippen molar-refractivity contribution in [2.24, 2.45) is 5.92 Å². The number of ether oxygens (including phenoxy) is 2. The average molecular weight is 339 g/mol. The van der Waals surface area contributed by atoms with Crippen molar-refractivity contribution in [2.75, 3.05) is 46.9 Å². The smallest absolute Gasteiger partial charge is 0.319 e. The van der Waals surface area contributed by atoms with E-state index in [-0.39, 0.29) is 30.2 Å². The molecule has 3 heterocycles. The molecule has 0 aliphatic carbocycles. The Labute approximate surface area is 143 Å². The van der Waals surface area contributed by atoms with Crippen molar-refractivity contribution in [3.05, 3.63) is 0 Å². The van der Waals surface area contributed by atoms with Crippen LogP contribution in [0.1, 0.15) is 32.1 Å². The summed E-state index contributed by atoms with van der Waals surface area (Å²) in [4.78, 5) is 30.5. The third-order valence-electron chi connectivity index (χ3n) is 5.29. The molecule has 3 fully saturated rings. The van der Waals surface area contributed by atoms with Gasteiger partial charge in [0.1, 0.15) is 0 Å². The number of amides is 3. The predicted molar refractivity (Wildman–Crippen MR) is 88.4 cm³/mol. The molecule has 0 aromatic rings. The van der Waals surface area contributed by atoms with Gasteiger partial charge in [-0.15, -0.1) is 0 Å². The van der Waals surface area contributed by atoms with Gasteiger partial charge >= 0.3 is 6.03 Å². The summed E-state index contributed by atoms with van der Waals surface area (Å²) in [6, 6.07) is 0.0830. The molecule has 1 atom stereocenters. The zero-order chi connectivity index (χ0) is 17.1. The Morgan fingerprint density at radius 1 is 0.958 bits per heavy atom. The zero-order valence-corrected chi connectivity index (χ0v) is 14.8. The van der Waals surface area contributed by atoms with Gasteiger partial charge in [-0.05, 0) is 32.1 Å². The van der Waals surface area contributed by atoms with E-state index in [1.54, 1.807) is 19.0 Å². The minimum absolute atomic E-state index is 0.0122. The minimum Gasteiger partial charge on any atom is -0.348 e. The van der Waals surface area contributed by atoms with E-state index in [1.807, 2.05) is 9.80 Å². The van der Waals surface area contributed by atoms with Crippen LogP contribution in [0, 0.1) is 5.92 Å². The summed E-state index contributed by atoms with van der Waals surface area (Å²) in [6.07, 6.45) is 4.35. The van der Waals surface area contributed by atoms with Crippen molar-refractivity contribution in [3.8, 4) is 0 Å². The fourth-order valence-corrected chi connectivity index (χ4v) is 3.95. The molecule has 3 rings (SSSR count). The highest BCUT2D eigenvalue weighted by molar-refractivity contribution is 5.80. The number of urea groups is 1. The summed E-state index contributed by atoms with van der Waals surface area (Å²) in [5, 5.41) is 0. The van der Waals surface area contributed by atoms with Crippen LogP contribution in [0.2, 0.25) is 0 Å². The number of likely N-dealkylation sites (tertiary alicyclic amines) is 2. The molecule has 3 saturated heterocycles. The summed E-state index contributed by atoms with van der Waals surface area (Å²) >= 11 is 0. The molecule has 3 amide bonds. The second-order valence-electron chi connectivity index (χ2n) is 7.14. The second-order valence-corrected chi connectivity index (χ2v) is 7.14. The van der Waals surface area contributed by atoms with Crippen LogP contribution in [0.4, 0.5) is 4.79 Å². The topological polar surface area (TPSA) is 62.3 Å². The number of carbonyl (C=O) groups excluding carboxylic acids is 2. The first-order valence-corrected chi connectivity index (χ1v) is 9.08. The van der Waals surface area contributed by atoms with Gasteiger partial charge in [0, 0.05) is 39.6 Å². The van der Waals surface area contributed by atoms with Gasteiger partial charge in [-0.2, -0.15) is 0 Å². The summed E-state index contributed by atoms with van der Waals surface area (Å²) in [5.41, 5.74) is 0. The molecule has 1 unspecified atom stereocenters. The van der Waals surface area contributed by atoms with Crippen molar-refractivity contribution in [1.29, 1.82) is 0 Å². The predicted octanol–water partition coefficient (Wildman–Crippen LogP) is 1.13. The maximum absolute atomic E-state index is 13.0. The molecular weight excluding hydrogens is 310 g/mol. The highest BCUT2D eigenvalue weighted by Gasteiger charge is 2.39. The highest BCUT2D eigenvalue weighted by atomic mass is 16.7. The summed E-state index contributed by atoms with van der Waals surface area (Å²) in [6.45, 7) is 3.34. The fourth-order valence-electron chi connectivity index (χ4n) is 3.95. The van der Waals surface area contributed by atoms with Crippen LogP contribution in [-0.4, -0.2) is 85.9 Å². The Balaban J connectivity index is 1.58. The van der Waals surface area contributed by atoms with Gasteiger partial charge in [0.05, 0.1) is 19.3 Å². The van der Waals surface area contributed by atoms with Crippen LogP contribution >= 0.6 is 0 Å². The van der Waals surface area contributed by atoms with Gasteiger partial charge in [-0.3, -0.25) is 4.79 Å². The lowest BCUT2D eigenvalue weighted by atomic mass is 9.92. The van der Waals surface area contributed by atoms with Crippen molar-refractivity contribution in [3.63, 3.8) is 0 Å². The number of nitrogens with zero attached hydrogens (tertiary/aromatic N) is 3. The number of carbonyl (C=O) groups is 2. The molecule has 0 aromatic carbocycles. The molecule has 3 aliphatic rings. The van der Waals surface area contributed by atoms with Crippen molar-refractivity contribution < 1.29 is 19.1 Å². The largest absolute Gasteiger partial charge is 0.348 e. The molecule has 7 heteroatoms. The lowest BCUT2D eigenvalue weighted by molar-refractivity contribution is -0.155. The SMILES string of the molecule is CN(C)C(=O)N1CCC(C(=O)N2CCCCC2C2OCCO2)CC1. The van der Waals surface area contributed by atoms with Crippen LogP contribution in [0.15, 0.2) is 0 Å². The molecule has 3 aliphatic heterocycles. The average Bonchev–Trinajstić information content (AvgIpc) is 3.15. The third kappa shape index (κ3) is 3.67. The number of piperidine rings is 2. The molecule has 7 nitrogen and oxygen atoms in total. The van der Waals surface area contributed by atoms with Crippen LogP contribution in [0.25, 0.3) is 0 Å². The van der Waals surface area contributed by atoms with E-state index in [0.717, 1.165) is 38.6 Å². The molecule has 0 bridgehead atoms. The quantitative estimate of drug-likeness (QED) is 0.757. The lowest BCUT2D eigenvalue weighted by Crippen LogP contribution is -2.54. The second kappa shape index (κ2) is 7.70. The zero-order valence-electron chi connectivity index (χ0n) is 14.8. The van der Waals surface area contributed by atoms with Gasteiger partial charge in [0.15, 0.2) is 6.29 Å². The van der Waals surface area contributed by atoms with E-state index < -0.39 is 0 Å². The van der Waals surface area contributed by atoms with Crippen LogP contribution in [0.5, 0.6) is 0 Å². The van der Waals surface area contributed by atoms with Gasteiger partial charge < -0.3 is 24.2 Å². The van der Waals surface area contributed by atoms with E-state index >= 15 is 0 Å². The number of hydrogen-bond acceptors (Lipinski definition) is 4. The molecule has 0 N–H and O–H groups in total. The number of rotatable bonds is 2. The first-order valence-electron chi connectivity index (χ1n) is 9.08. The Morgan fingerprint density at radius 2 is 1.62 bits per heavy atom. The number of hydrogen-bond donors (Lipinski definition) is 0. The summed E-state index contributed by atoms with van der Waals surface area (Å²) in [5.74, 6) is 0.231. The Kier molecular flexibility index (Phi) is 5.61. The fraction of sp³-hybridized carbons (Fsp3) is 0.882. The first kappa shape index (κ1) is 17.5. The van der Waals surface area contributed by atoms with Crippen LogP contribution in [-0.2, 0) is 14.3 Å². The first-order chi connectivity index (χ1) is 11.6. The molecule has 0 aromatic heterocycles. The van der Waals surface area contributed by atoms with Crippen LogP contribution in [0.3, 0.4) is 0 Å². The van der Waals surface area contributed by atoms with Gasteiger partial charge in [-0.1, -0.05) is 0 Å². The van der Waals surface area contributed by atoms with E-state index in [1.165, 1.54) is 0 Å². The third-order valence-corrected chi connectivity index (χ3v) is 5.29. The molecule has 136 valence electrons. The maximum atomic E-state index is 13.0. The summed E-state index contributed by atoms with van der Waals surface area (Å²) in [7, 11) is 3.53. The molecule has 0 spiro atoms. The Hall–Kier alpha value is -1.34. The Morgan fingerprint density at radius 3 is 2.25 bits per heavy atom. The highest BCUT2D eigenvalue weighted by Crippen LogP contribution is 2.28. The Bertz CT molecular complexity index is 457. The summed E-state index contributed by atoms with van der Waals surface area (Å²) < 4.78 is 11.3. The maximum Gasteiger partial charge on any atom is 0.319 e. The van der Waals surface area contributed by atoms with E-state index in [0.29, 0.717) is 26.3 Å². The molecular formula is C17H29N3O4. The van der Waals surface area contributed by atoms with E-state index in [4.69, 9.17) is 9.47 Å². The molecule has 0 saturated carbocycles. The van der Waals surface area contributed by atoms with Crippen molar-refractivity contribution in [2.45, 2.75) is 44.4 Å². The van der Waals surface area contributed by atoms with E-state index in [2.05, 4.69) is 0 Å². The molecule has 0 radical (unpaired) electrons. The standard InChI is InChI=1S/C17H29N3O4/c1-18(2)17(22)19-9-6-13(7-10-19)15(21)20-8-4-3-5-14(20)16-23-11-12-24-16/h13-14,16H,3-12H2,1-2H3. The van der Waals surface area contributed by atoms with Gasteiger partial charge in [0.25, 0.3) is 0 Å². The normalized spacial score (nSPS) is 26.7. The van der Waals surface area contributed by atoms with Crippen LogP contribution < -0.4 is 0 Å². The van der Waals surface area contributed by atoms with Crippen molar-refractivity contribution >= 4 is 11.9 Å². The minimum atomic E-state index is -0.260. The monoisotopic (exact) mass is 339 g/mol. The van der Waals surface area contributed by atoms with Crippen molar-refractivity contribution in [1.82, 2.24) is 14.7 Å². The van der Waals surface area contributed by atoms with Gasteiger partial charge in [0.2, 0.25) is 5.91 Å². The molecule has 24 heavy (non-hydrogen) atoms. The lowest BCUT2D eigenvalue weighted by Gasteiger charge is -2.41. The van der Waals surface area contributed by atoms with E-state index in [9.17, 15) is 9.59 Å². The van der Waals surface area contributed by atoms with Gasteiger partial charge in [-0.25, -0.2) is 4.79 Å².